The molecule has 0 fully saturated rings. The van der Waals surface area contributed by atoms with Crippen LogP contribution in [0.25, 0.3) is 0 Å². The van der Waals surface area contributed by atoms with Crippen molar-refractivity contribution in [3.63, 3.8) is 0 Å². The molecular formula is C24H37N2O5P. The smallest absolute Gasteiger partial charge is 0.406 e. The van der Waals surface area contributed by atoms with Gasteiger partial charge in [0, 0.05) is 12.3 Å². The molecule has 8 heteroatoms. The third-order valence-electron chi connectivity index (χ3n) is 6.43. The van der Waals surface area contributed by atoms with Crippen molar-refractivity contribution in [2.24, 2.45) is 11.8 Å². The zero-order valence-electron chi connectivity index (χ0n) is 20.6. The van der Waals surface area contributed by atoms with Crippen molar-refractivity contribution in [3.05, 3.63) is 41.1 Å². The molecule has 2 N–H and O–H groups in total. The number of anilines is 1. The van der Waals surface area contributed by atoms with Gasteiger partial charge in [0.15, 0.2) is 17.3 Å². The number of aromatic nitrogens is 1. The fourth-order valence-corrected chi connectivity index (χ4v) is 5.81. The number of nitrogens with zero attached hydrogens (tertiary/aromatic N) is 1. The largest absolute Gasteiger partial charge is 0.504 e. The van der Waals surface area contributed by atoms with Crippen molar-refractivity contribution in [2.75, 3.05) is 12.1 Å². The number of pyridine rings is 1. The summed E-state index contributed by atoms with van der Waals surface area (Å²) in [5.74, 6) is 1.05. The van der Waals surface area contributed by atoms with Gasteiger partial charge in [-0.3, -0.25) is 0 Å². The van der Waals surface area contributed by atoms with Gasteiger partial charge in [-0.15, -0.1) is 0 Å². The Kier molecular flexibility index (Phi) is 8.24. The van der Waals surface area contributed by atoms with Gasteiger partial charge in [-0.25, -0.2) is 15.0 Å². The summed E-state index contributed by atoms with van der Waals surface area (Å²) in [5, 5.41) is 9.47. The number of nitrogens with one attached hydrogen (secondary N) is 1. The third-order valence-corrected chi connectivity index (χ3v) is 9.43. The summed E-state index contributed by atoms with van der Waals surface area (Å²) >= 11 is 0. The average Bonchev–Trinajstić information content (AvgIpc) is 2.71. The first-order valence-electron chi connectivity index (χ1n) is 11.0. The number of phenols is 1. The van der Waals surface area contributed by atoms with Gasteiger partial charge in [0.25, 0.3) is 0 Å². The molecule has 1 aromatic heterocycles. The number of benzene rings is 1. The number of aryl methyl sites for hydroxylation is 2. The molecule has 0 saturated carbocycles. The van der Waals surface area contributed by atoms with Crippen molar-refractivity contribution in [2.45, 2.75) is 67.5 Å². The van der Waals surface area contributed by atoms with Gasteiger partial charge in [-0.05, 0) is 75.3 Å². The van der Waals surface area contributed by atoms with Crippen LogP contribution < -0.4 is 14.7 Å². The number of phenolic OH excluding ortho intramolecular Hbond substituents is 1. The minimum Gasteiger partial charge on any atom is -0.504 e. The summed E-state index contributed by atoms with van der Waals surface area (Å²) in [4.78, 5) is 4.32. The van der Waals surface area contributed by atoms with Crippen LogP contribution >= 0.6 is 7.60 Å². The Bertz CT molecular complexity index is 983. The van der Waals surface area contributed by atoms with Crippen molar-refractivity contribution in [1.29, 1.82) is 0 Å². The average molecular weight is 465 g/mol. The monoisotopic (exact) mass is 464 g/mol. The van der Waals surface area contributed by atoms with Crippen LogP contribution in [0.1, 0.15) is 58.2 Å². The van der Waals surface area contributed by atoms with Gasteiger partial charge < -0.3 is 14.4 Å². The molecule has 0 aliphatic heterocycles. The highest BCUT2D eigenvalue weighted by Gasteiger charge is 2.54. The summed E-state index contributed by atoms with van der Waals surface area (Å²) in [6, 6.07) is 5.07. The number of aromatic hydroxyl groups is 1. The SMILES string of the molecule is CCOc1cc(OP(=O)(ONc2nccc(C)c2C)C(C)(C(C)C)C(C)C)cc(C)c1O. The molecule has 0 aliphatic carbocycles. The second-order valence-corrected chi connectivity index (χ2v) is 11.3. The Morgan fingerprint density at radius 3 is 2.31 bits per heavy atom. The van der Waals surface area contributed by atoms with Gasteiger partial charge in [0.1, 0.15) is 5.75 Å². The van der Waals surface area contributed by atoms with Gasteiger partial charge >= 0.3 is 7.60 Å². The van der Waals surface area contributed by atoms with E-state index in [2.05, 4.69) is 10.5 Å². The predicted octanol–water partition coefficient (Wildman–Crippen LogP) is 6.80. The van der Waals surface area contributed by atoms with E-state index in [0.29, 0.717) is 23.7 Å². The van der Waals surface area contributed by atoms with Crippen LogP contribution in [0.2, 0.25) is 0 Å². The highest BCUT2D eigenvalue weighted by atomic mass is 31.2. The first-order chi connectivity index (χ1) is 14.9. The van der Waals surface area contributed by atoms with E-state index in [1.165, 1.54) is 0 Å². The van der Waals surface area contributed by atoms with E-state index in [9.17, 15) is 9.67 Å². The van der Waals surface area contributed by atoms with Gasteiger partial charge in [0.2, 0.25) is 0 Å². The standard InChI is InChI=1S/C24H37N2O5P/c1-10-29-21-14-20(13-18(7)22(21)27)30-32(28,24(9,15(2)3)16(4)5)31-26-23-19(8)17(6)11-12-25-23/h11-16,27H,10H2,1-9H3,(H,25,26). The highest BCUT2D eigenvalue weighted by molar-refractivity contribution is 7.56. The summed E-state index contributed by atoms with van der Waals surface area (Å²) in [7, 11) is -3.84. The Labute approximate surface area is 192 Å². The zero-order chi connectivity index (χ0) is 24.3. The highest BCUT2D eigenvalue weighted by Crippen LogP contribution is 2.65. The molecule has 0 aliphatic rings. The van der Waals surface area contributed by atoms with Crippen molar-refractivity contribution >= 4 is 13.4 Å². The molecule has 1 aromatic carbocycles. The number of rotatable bonds is 10. The second kappa shape index (κ2) is 10.1. The minimum atomic E-state index is -3.84. The summed E-state index contributed by atoms with van der Waals surface area (Å²) < 4.78 is 32.1. The molecule has 1 unspecified atom stereocenters. The van der Waals surface area contributed by atoms with Gasteiger partial charge in [-0.2, -0.15) is 4.62 Å². The Morgan fingerprint density at radius 2 is 1.75 bits per heavy atom. The maximum Gasteiger partial charge on any atom is 0.406 e. The summed E-state index contributed by atoms with van der Waals surface area (Å²) in [6.07, 6.45) is 1.67. The molecular weight excluding hydrogens is 427 g/mol. The molecule has 0 radical (unpaired) electrons. The molecule has 0 saturated heterocycles. The first kappa shape index (κ1) is 26.0. The minimum absolute atomic E-state index is 0.0220. The Hall–Kier alpha value is -2.24. The lowest BCUT2D eigenvalue weighted by molar-refractivity contribution is 0.230. The van der Waals surface area contributed by atoms with Crippen LogP contribution in [0, 0.1) is 32.6 Å². The van der Waals surface area contributed by atoms with Crippen LogP contribution in [-0.4, -0.2) is 21.9 Å². The van der Waals surface area contributed by atoms with Crippen molar-refractivity contribution in [3.8, 4) is 17.2 Å². The van der Waals surface area contributed by atoms with E-state index in [1.54, 1.807) is 25.3 Å². The molecule has 0 amide bonds. The van der Waals surface area contributed by atoms with E-state index in [0.717, 1.165) is 11.1 Å². The van der Waals surface area contributed by atoms with Gasteiger partial charge in [-0.1, -0.05) is 27.7 Å². The number of ether oxygens (including phenoxy) is 1. The van der Waals surface area contributed by atoms with E-state index < -0.39 is 12.8 Å². The van der Waals surface area contributed by atoms with Gasteiger partial charge in [0.05, 0.1) is 11.8 Å². The van der Waals surface area contributed by atoms with Crippen LogP contribution in [-0.2, 0) is 9.19 Å². The molecule has 0 spiro atoms. The quantitative estimate of drug-likeness (QED) is 0.295. The molecule has 2 rings (SSSR count). The van der Waals surface area contributed by atoms with Crippen LogP contribution in [0.15, 0.2) is 24.4 Å². The number of hydrogen-bond donors (Lipinski definition) is 2. The molecule has 1 heterocycles. The zero-order valence-corrected chi connectivity index (χ0v) is 21.5. The predicted molar refractivity (Wildman–Crippen MR) is 129 cm³/mol. The van der Waals surface area contributed by atoms with Crippen LogP contribution in [0.4, 0.5) is 5.82 Å². The molecule has 0 bridgehead atoms. The fraction of sp³-hybridized carbons (Fsp3) is 0.542. The van der Waals surface area contributed by atoms with Crippen molar-refractivity contribution in [1.82, 2.24) is 4.98 Å². The molecule has 2 aromatic rings. The van der Waals surface area contributed by atoms with Crippen LogP contribution in [0.5, 0.6) is 17.2 Å². The maximum atomic E-state index is 14.5. The summed E-state index contributed by atoms with van der Waals surface area (Å²) in [6.45, 7) is 17.8. The lowest BCUT2D eigenvalue weighted by atomic mass is 9.86. The lowest BCUT2D eigenvalue weighted by Crippen LogP contribution is -2.40. The van der Waals surface area contributed by atoms with Crippen molar-refractivity contribution < 1.29 is 23.6 Å². The molecule has 7 nitrogen and oxygen atoms in total. The van der Waals surface area contributed by atoms with E-state index in [-0.39, 0.29) is 23.3 Å². The lowest BCUT2D eigenvalue weighted by Gasteiger charge is -2.41. The Balaban J connectivity index is 2.54. The van der Waals surface area contributed by atoms with E-state index in [4.69, 9.17) is 13.9 Å². The molecule has 178 valence electrons. The van der Waals surface area contributed by atoms with E-state index >= 15 is 0 Å². The normalized spacial score (nSPS) is 13.8. The second-order valence-electron chi connectivity index (χ2n) is 8.94. The molecule has 32 heavy (non-hydrogen) atoms. The van der Waals surface area contributed by atoms with E-state index in [1.807, 2.05) is 61.5 Å². The van der Waals surface area contributed by atoms with Crippen LogP contribution in [0.3, 0.4) is 0 Å². The molecule has 1 atom stereocenters. The third kappa shape index (κ3) is 5.05. The topological polar surface area (TPSA) is 89.9 Å². The first-order valence-corrected chi connectivity index (χ1v) is 12.5. The maximum absolute atomic E-state index is 14.5. The Morgan fingerprint density at radius 1 is 1.12 bits per heavy atom. The fourth-order valence-electron chi connectivity index (χ4n) is 3.53. The summed E-state index contributed by atoms with van der Waals surface area (Å²) in [5.41, 5.74) is 5.30. The number of hydrogen-bond acceptors (Lipinski definition) is 7.